The summed E-state index contributed by atoms with van der Waals surface area (Å²) in [6, 6.07) is 18.1. The summed E-state index contributed by atoms with van der Waals surface area (Å²) < 4.78 is 0. The molecule has 3 heterocycles. The van der Waals surface area contributed by atoms with E-state index in [4.69, 9.17) is 0 Å². The average molecular weight is 417 g/mol. The number of nitrogens with one attached hydrogen (secondary N) is 1. The molecule has 31 heavy (non-hydrogen) atoms. The highest BCUT2D eigenvalue weighted by Gasteiger charge is 2.21. The molecule has 0 saturated carbocycles. The van der Waals surface area contributed by atoms with Crippen LogP contribution in [0.3, 0.4) is 0 Å². The number of pyridine rings is 1. The maximum Gasteiger partial charge on any atom is 0.222 e. The van der Waals surface area contributed by atoms with Gasteiger partial charge in [0.2, 0.25) is 5.91 Å². The van der Waals surface area contributed by atoms with Gasteiger partial charge in [-0.3, -0.25) is 4.79 Å². The van der Waals surface area contributed by atoms with Gasteiger partial charge >= 0.3 is 0 Å². The van der Waals surface area contributed by atoms with Gasteiger partial charge in [-0.15, -0.1) is 10.2 Å². The minimum atomic E-state index is 0.242. The topological polar surface area (TPSA) is 74.2 Å². The van der Waals surface area contributed by atoms with Crippen molar-refractivity contribution in [2.75, 3.05) is 36.4 Å². The van der Waals surface area contributed by atoms with Crippen LogP contribution in [0.25, 0.3) is 0 Å². The summed E-state index contributed by atoms with van der Waals surface area (Å²) in [4.78, 5) is 21.0. The normalized spacial score (nSPS) is 13.8. The molecule has 0 atom stereocenters. The van der Waals surface area contributed by atoms with Crippen molar-refractivity contribution >= 4 is 23.4 Å². The Hall–Kier alpha value is -3.48. The van der Waals surface area contributed by atoms with E-state index in [1.165, 1.54) is 5.56 Å². The van der Waals surface area contributed by atoms with Gasteiger partial charge in [0, 0.05) is 38.8 Å². The summed E-state index contributed by atoms with van der Waals surface area (Å²) in [7, 11) is 0. The van der Waals surface area contributed by atoms with Crippen molar-refractivity contribution in [2.24, 2.45) is 0 Å². The van der Waals surface area contributed by atoms with Crippen molar-refractivity contribution in [1.29, 1.82) is 0 Å². The third-order valence-corrected chi connectivity index (χ3v) is 5.48. The number of carbonyl (C=O) groups excluding carboxylic acids is 1. The van der Waals surface area contributed by atoms with Crippen LogP contribution in [-0.2, 0) is 11.2 Å². The lowest BCUT2D eigenvalue weighted by molar-refractivity contribution is -0.131. The number of aryl methyl sites for hydroxylation is 2. The standard InChI is InChI=1S/C24H28N6O/c1-19-12-13-25-22(18-19)26-21-10-11-23(28-27-21)29-14-16-30(17-15-29)24(31)9-5-8-20-6-3-2-4-7-20/h2-4,6-7,10-13,18H,5,8-9,14-17H2,1H3,(H,25,26,27). The molecule has 0 aliphatic carbocycles. The molecule has 1 N–H and O–H groups in total. The molecule has 0 unspecified atom stereocenters. The van der Waals surface area contributed by atoms with Crippen molar-refractivity contribution in [1.82, 2.24) is 20.1 Å². The lowest BCUT2D eigenvalue weighted by Crippen LogP contribution is -2.49. The quantitative estimate of drug-likeness (QED) is 0.634. The Labute approximate surface area is 183 Å². The second-order valence-corrected chi connectivity index (χ2v) is 7.83. The van der Waals surface area contributed by atoms with E-state index >= 15 is 0 Å². The van der Waals surface area contributed by atoms with Gasteiger partial charge in [0.1, 0.15) is 5.82 Å². The van der Waals surface area contributed by atoms with E-state index in [2.05, 4.69) is 37.5 Å². The molecule has 1 aromatic carbocycles. The predicted molar refractivity (Wildman–Crippen MR) is 122 cm³/mol. The highest BCUT2D eigenvalue weighted by Crippen LogP contribution is 2.17. The second-order valence-electron chi connectivity index (χ2n) is 7.83. The molecule has 4 rings (SSSR count). The van der Waals surface area contributed by atoms with E-state index in [-0.39, 0.29) is 5.91 Å². The number of hydrogen-bond donors (Lipinski definition) is 1. The molecule has 1 saturated heterocycles. The van der Waals surface area contributed by atoms with Gasteiger partial charge in [0.05, 0.1) is 0 Å². The Balaban J connectivity index is 1.23. The van der Waals surface area contributed by atoms with Crippen LogP contribution in [-0.4, -0.2) is 52.2 Å². The number of carbonyl (C=O) groups is 1. The van der Waals surface area contributed by atoms with Gasteiger partial charge in [-0.25, -0.2) is 4.98 Å². The second kappa shape index (κ2) is 10.0. The summed E-state index contributed by atoms with van der Waals surface area (Å²) >= 11 is 0. The maximum absolute atomic E-state index is 12.5. The van der Waals surface area contributed by atoms with Crippen LogP contribution >= 0.6 is 0 Å². The lowest BCUT2D eigenvalue weighted by atomic mass is 10.1. The SMILES string of the molecule is Cc1ccnc(Nc2ccc(N3CCN(C(=O)CCCc4ccccc4)CC3)nn2)c1. The molecule has 1 aliphatic heterocycles. The summed E-state index contributed by atoms with van der Waals surface area (Å²) in [6.45, 7) is 5.00. The van der Waals surface area contributed by atoms with Gasteiger partial charge in [-0.05, 0) is 55.2 Å². The zero-order valence-corrected chi connectivity index (χ0v) is 17.9. The van der Waals surface area contributed by atoms with Crippen LogP contribution in [0.5, 0.6) is 0 Å². The molecule has 160 valence electrons. The molecule has 1 aliphatic rings. The molecule has 0 bridgehead atoms. The number of aromatic nitrogens is 3. The third-order valence-electron chi connectivity index (χ3n) is 5.48. The maximum atomic E-state index is 12.5. The fourth-order valence-corrected chi connectivity index (χ4v) is 3.73. The monoisotopic (exact) mass is 416 g/mol. The van der Waals surface area contributed by atoms with E-state index in [1.54, 1.807) is 6.20 Å². The first-order valence-corrected chi connectivity index (χ1v) is 10.8. The minimum absolute atomic E-state index is 0.242. The lowest BCUT2D eigenvalue weighted by Gasteiger charge is -2.35. The fourth-order valence-electron chi connectivity index (χ4n) is 3.73. The van der Waals surface area contributed by atoms with E-state index < -0.39 is 0 Å². The fraction of sp³-hybridized carbons (Fsp3) is 0.333. The van der Waals surface area contributed by atoms with E-state index in [0.29, 0.717) is 12.2 Å². The number of nitrogens with zero attached hydrogens (tertiary/aromatic N) is 5. The summed E-state index contributed by atoms with van der Waals surface area (Å²) in [6.07, 6.45) is 4.20. The first-order valence-electron chi connectivity index (χ1n) is 10.8. The molecule has 7 heteroatoms. The highest BCUT2D eigenvalue weighted by molar-refractivity contribution is 5.76. The third kappa shape index (κ3) is 5.78. The van der Waals surface area contributed by atoms with Crippen LogP contribution in [0.2, 0.25) is 0 Å². The summed E-state index contributed by atoms with van der Waals surface area (Å²) in [5.74, 6) is 2.49. The number of amides is 1. The number of rotatable bonds is 7. The Morgan fingerprint density at radius 3 is 2.48 bits per heavy atom. The largest absolute Gasteiger partial charge is 0.352 e. The van der Waals surface area contributed by atoms with Crippen LogP contribution in [0.1, 0.15) is 24.0 Å². The number of piperazine rings is 1. The number of benzene rings is 1. The summed E-state index contributed by atoms with van der Waals surface area (Å²) in [5.41, 5.74) is 2.42. The average Bonchev–Trinajstić information content (AvgIpc) is 2.80. The predicted octanol–water partition coefficient (Wildman–Crippen LogP) is 3.60. The summed E-state index contributed by atoms with van der Waals surface area (Å²) in [5, 5.41) is 11.8. The molecule has 1 fully saturated rings. The Morgan fingerprint density at radius 1 is 0.968 bits per heavy atom. The van der Waals surface area contributed by atoms with Crippen molar-refractivity contribution < 1.29 is 4.79 Å². The first kappa shape index (κ1) is 20.8. The van der Waals surface area contributed by atoms with Crippen molar-refractivity contribution in [3.8, 4) is 0 Å². The molecule has 0 spiro atoms. The Bertz CT molecular complexity index is 984. The molecule has 1 amide bonds. The van der Waals surface area contributed by atoms with Crippen molar-refractivity contribution in [3.63, 3.8) is 0 Å². The van der Waals surface area contributed by atoms with Gasteiger partial charge in [-0.1, -0.05) is 30.3 Å². The van der Waals surface area contributed by atoms with Crippen LogP contribution in [0, 0.1) is 6.92 Å². The highest BCUT2D eigenvalue weighted by atomic mass is 16.2. The van der Waals surface area contributed by atoms with Crippen molar-refractivity contribution in [3.05, 3.63) is 71.9 Å². The van der Waals surface area contributed by atoms with Gasteiger partial charge < -0.3 is 15.1 Å². The molecule has 7 nitrogen and oxygen atoms in total. The van der Waals surface area contributed by atoms with E-state index in [0.717, 1.165) is 56.2 Å². The Morgan fingerprint density at radius 2 is 1.77 bits per heavy atom. The van der Waals surface area contributed by atoms with Crippen LogP contribution in [0.15, 0.2) is 60.8 Å². The van der Waals surface area contributed by atoms with Crippen molar-refractivity contribution in [2.45, 2.75) is 26.2 Å². The minimum Gasteiger partial charge on any atom is -0.352 e. The zero-order valence-electron chi connectivity index (χ0n) is 17.9. The van der Waals surface area contributed by atoms with Crippen LogP contribution in [0.4, 0.5) is 17.5 Å². The van der Waals surface area contributed by atoms with Gasteiger partial charge in [0.25, 0.3) is 0 Å². The van der Waals surface area contributed by atoms with Crippen LogP contribution < -0.4 is 10.2 Å². The smallest absolute Gasteiger partial charge is 0.222 e. The molecule has 0 radical (unpaired) electrons. The molecule has 2 aromatic heterocycles. The van der Waals surface area contributed by atoms with E-state index in [9.17, 15) is 4.79 Å². The Kier molecular flexibility index (Phi) is 6.72. The van der Waals surface area contributed by atoms with Gasteiger partial charge in [-0.2, -0.15) is 0 Å². The molecule has 3 aromatic rings. The molecular formula is C24H28N6O. The molecular weight excluding hydrogens is 388 g/mol. The number of anilines is 3. The van der Waals surface area contributed by atoms with Gasteiger partial charge in [0.15, 0.2) is 11.6 Å². The van der Waals surface area contributed by atoms with E-state index in [1.807, 2.05) is 54.3 Å². The zero-order chi connectivity index (χ0) is 21.5. The number of hydrogen-bond acceptors (Lipinski definition) is 6. The first-order chi connectivity index (χ1) is 15.2.